The third kappa shape index (κ3) is 2.81. The second-order valence-electron chi connectivity index (χ2n) is 6.29. The van der Waals surface area contributed by atoms with Crippen LogP contribution in [0, 0.1) is 6.92 Å². The Labute approximate surface area is 126 Å². The second kappa shape index (κ2) is 5.53. The molecule has 0 aliphatic carbocycles. The molecule has 0 saturated carbocycles. The van der Waals surface area contributed by atoms with Crippen LogP contribution in [0.3, 0.4) is 0 Å². The van der Waals surface area contributed by atoms with Gasteiger partial charge in [0.1, 0.15) is 0 Å². The molecule has 0 amide bonds. The first kappa shape index (κ1) is 14.1. The molecule has 21 heavy (non-hydrogen) atoms. The Morgan fingerprint density at radius 3 is 2.81 bits per heavy atom. The van der Waals surface area contributed by atoms with Gasteiger partial charge in [-0.05, 0) is 45.5 Å². The van der Waals surface area contributed by atoms with Crippen molar-refractivity contribution in [3.05, 3.63) is 41.1 Å². The fourth-order valence-electron chi connectivity index (χ4n) is 2.97. The molecule has 0 unspecified atom stereocenters. The van der Waals surface area contributed by atoms with Gasteiger partial charge in [0.15, 0.2) is 5.82 Å². The molecule has 0 bridgehead atoms. The van der Waals surface area contributed by atoms with Crippen molar-refractivity contribution in [3.8, 4) is 0 Å². The average Bonchev–Trinajstić information content (AvgIpc) is 2.77. The summed E-state index contributed by atoms with van der Waals surface area (Å²) in [6, 6.07) is 8.85. The Hall–Kier alpha value is -1.81. The number of benzene rings is 1. The van der Waals surface area contributed by atoms with Crippen LogP contribution < -0.4 is 5.32 Å². The van der Waals surface area contributed by atoms with Crippen LogP contribution in [0.2, 0.25) is 0 Å². The predicted octanol–water partition coefficient (Wildman–Crippen LogP) is 3.50. The van der Waals surface area contributed by atoms with E-state index in [1.54, 1.807) is 0 Å². The van der Waals surface area contributed by atoms with Crippen LogP contribution in [-0.2, 0) is 13.0 Å². The highest BCUT2D eigenvalue weighted by Gasteiger charge is 2.24. The van der Waals surface area contributed by atoms with Gasteiger partial charge in [0.05, 0.1) is 0 Å². The summed E-state index contributed by atoms with van der Waals surface area (Å²) < 4.78 is 2.18. The summed E-state index contributed by atoms with van der Waals surface area (Å²) >= 11 is 0. The summed E-state index contributed by atoms with van der Waals surface area (Å²) in [6.07, 6.45) is 1.08. The van der Waals surface area contributed by atoms with Crippen molar-refractivity contribution >= 4 is 11.5 Å². The summed E-state index contributed by atoms with van der Waals surface area (Å²) in [7, 11) is 2.17. The summed E-state index contributed by atoms with van der Waals surface area (Å²) in [5.74, 6) is 1.01. The van der Waals surface area contributed by atoms with Crippen LogP contribution >= 0.6 is 0 Å². The third-order valence-corrected chi connectivity index (χ3v) is 4.05. The monoisotopic (exact) mass is 284 g/mol. The van der Waals surface area contributed by atoms with Crippen LogP contribution in [0.4, 0.5) is 11.5 Å². The Balaban J connectivity index is 1.98. The van der Waals surface area contributed by atoms with Gasteiger partial charge < -0.3 is 10.2 Å². The smallest absolute Gasteiger partial charge is 0.157 e. The number of aryl methyl sites for hydroxylation is 1. The lowest BCUT2D eigenvalue weighted by Gasteiger charge is -2.24. The predicted molar refractivity (Wildman–Crippen MR) is 87.1 cm³/mol. The number of nitrogens with one attached hydrogen (secondary N) is 1. The fraction of sp³-hybridized carbons (Fsp3) is 0.471. The van der Waals surface area contributed by atoms with Gasteiger partial charge in [0, 0.05) is 42.5 Å². The van der Waals surface area contributed by atoms with Crippen LogP contribution in [0.15, 0.2) is 24.3 Å². The minimum atomic E-state index is 0.398. The zero-order valence-corrected chi connectivity index (χ0v) is 13.3. The van der Waals surface area contributed by atoms with E-state index in [4.69, 9.17) is 5.10 Å². The maximum Gasteiger partial charge on any atom is 0.157 e. The molecule has 4 nitrogen and oxygen atoms in total. The second-order valence-corrected chi connectivity index (χ2v) is 6.29. The van der Waals surface area contributed by atoms with Crippen LogP contribution in [0.1, 0.15) is 36.7 Å². The number of hydrogen-bond donors (Lipinski definition) is 1. The zero-order valence-electron chi connectivity index (χ0n) is 13.3. The lowest BCUT2D eigenvalue weighted by atomic mass is 10.1. The van der Waals surface area contributed by atoms with E-state index >= 15 is 0 Å². The van der Waals surface area contributed by atoms with Gasteiger partial charge in [-0.2, -0.15) is 5.10 Å². The molecule has 2 aromatic rings. The molecular formula is C17H24N4. The molecule has 1 aliphatic heterocycles. The van der Waals surface area contributed by atoms with Crippen molar-refractivity contribution in [3.63, 3.8) is 0 Å². The van der Waals surface area contributed by atoms with Gasteiger partial charge in [0.25, 0.3) is 0 Å². The van der Waals surface area contributed by atoms with Crippen molar-refractivity contribution in [1.29, 1.82) is 0 Å². The SMILES string of the molecule is Cc1cccc(Nc2nn(C(C)C)c3c2CN(C)CC3)c1. The molecule has 0 atom stereocenters. The number of fused-ring (bicyclic) bond motifs is 1. The lowest BCUT2D eigenvalue weighted by molar-refractivity contribution is 0.305. The van der Waals surface area contributed by atoms with E-state index in [0.29, 0.717) is 6.04 Å². The molecule has 0 saturated heterocycles. The van der Waals surface area contributed by atoms with E-state index in [1.807, 2.05) is 0 Å². The van der Waals surface area contributed by atoms with Crippen molar-refractivity contribution in [2.45, 2.75) is 39.8 Å². The Morgan fingerprint density at radius 1 is 1.29 bits per heavy atom. The number of anilines is 2. The van der Waals surface area contributed by atoms with Gasteiger partial charge in [-0.1, -0.05) is 12.1 Å². The summed E-state index contributed by atoms with van der Waals surface area (Å²) in [4.78, 5) is 2.36. The first-order valence-electron chi connectivity index (χ1n) is 7.67. The molecule has 1 N–H and O–H groups in total. The molecule has 3 rings (SSSR count). The molecule has 1 aromatic carbocycles. The normalized spacial score (nSPS) is 15.3. The highest BCUT2D eigenvalue weighted by molar-refractivity contribution is 5.61. The summed E-state index contributed by atoms with van der Waals surface area (Å²) in [5, 5.41) is 8.34. The van der Waals surface area contributed by atoms with Crippen LogP contribution in [-0.4, -0.2) is 28.3 Å². The minimum absolute atomic E-state index is 0.398. The summed E-state index contributed by atoms with van der Waals surface area (Å²) in [6.45, 7) is 8.58. The number of rotatable bonds is 3. The maximum atomic E-state index is 4.83. The van der Waals surface area contributed by atoms with E-state index in [2.05, 4.69) is 67.0 Å². The van der Waals surface area contributed by atoms with Gasteiger partial charge in [-0.15, -0.1) is 0 Å². The van der Waals surface area contributed by atoms with E-state index < -0.39 is 0 Å². The molecule has 4 heteroatoms. The third-order valence-electron chi connectivity index (χ3n) is 4.05. The lowest BCUT2D eigenvalue weighted by Crippen LogP contribution is -2.27. The number of aromatic nitrogens is 2. The maximum absolute atomic E-state index is 4.83. The highest BCUT2D eigenvalue weighted by atomic mass is 15.3. The van der Waals surface area contributed by atoms with Gasteiger partial charge in [0.2, 0.25) is 0 Å². The van der Waals surface area contributed by atoms with E-state index in [0.717, 1.165) is 31.0 Å². The molecule has 1 aromatic heterocycles. The number of nitrogens with zero attached hydrogens (tertiary/aromatic N) is 3. The van der Waals surface area contributed by atoms with Crippen molar-refractivity contribution < 1.29 is 0 Å². The first-order chi connectivity index (χ1) is 10.0. The number of hydrogen-bond acceptors (Lipinski definition) is 3. The summed E-state index contributed by atoms with van der Waals surface area (Å²) in [5.41, 5.74) is 5.10. The zero-order chi connectivity index (χ0) is 15.0. The highest BCUT2D eigenvalue weighted by Crippen LogP contribution is 2.29. The topological polar surface area (TPSA) is 33.1 Å². The fourth-order valence-corrected chi connectivity index (χ4v) is 2.97. The molecule has 0 spiro atoms. The Morgan fingerprint density at radius 2 is 2.10 bits per heavy atom. The molecule has 1 aliphatic rings. The van der Waals surface area contributed by atoms with Crippen molar-refractivity contribution in [1.82, 2.24) is 14.7 Å². The Bertz CT molecular complexity index is 642. The quantitative estimate of drug-likeness (QED) is 0.936. The van der Waals surface area contributed by atoms with Crippen molar-refractivity contribution in [2.24, 2.45) is 0 Å². The standard InChI is InChI=1S/C17H24N4/c1-12(2)21-16-8-9-20(4)11-15(16)17(19-21)18-14-7-5-6-13(3)10-14/h5-7,10,12H,8-9,11H2,1-4H3,(H,18,19). The molecule has 2 heterocycles. The Kier molecular flexibility index (Phi) is 3.72. The largest absolute Gasteiger partial charge is 0.338 e. The van der Waals surface area contributed by atoms with Gasteiger partial charge >= 0.3 is 0 Å². The van der Waals surface area contributed by atoms with Gasteiger partial charge in [-0.25, -0.2) is 0 Å². The van der Waals surface area contributed by atoms with E-state index in [-0.39, 0.29) is 0 Å². The molecule has 0 fully saturated rings. The first-order valence-corrected chi connectivity index (χ1v) is 7.67. The number of likely N-dealkylation sites (N-methyl/N-ethyl adjacent to an activating group) is 1. The van der Waals surface area contributed by atoms with E-state index in [9.17, 15) is 0 Å². The van der Waals surface area contributed by atoms with Crippen LogP contribution in [0.25, 0.3) is 0 Å². The van der Waals surface area contributed by atoms with Crippen LogP contribution in [0.5, 0.6) is 0 Å². The molecule has 112 valence electrons. The van der Waals surface area contributed by atoms with E-state index in [1.165, 1.54) is 16.8 Å². The average molecular weight is 284 g/mol. The van der Waals surface area contributed by atoms with Crippen molar-refractivity contribution in [2.75, 3.05) is 18.9 Å². The van der Waals surface area contributed by atoms with Gasteiger partial charge in [-0.3, -0.25) is 4.68 Å². The minimum Gasteiger partial charge on any atom is -0.338 e. The molecular weight excluding hydrogens is 260 g/mol. The molecule has 0 radical (unpaired) electrons.